The van der Waals surface area contributed by atoms with Crippen LogP contribution in [-0.2, 0) is 19.3 Å². The Morgan fingerprint density at radius 3 is 2.76 bits per heavy atom. The van der Waals surface area contributed by atoms with Crippen LogP contribution < -0.4 is 9.47 Å². The molecule has 0 spiro atoms. The summed E-state index contributed by atoms with van der Waals surface area (Å²) in [4.78, 5) is 20.3. The van der Waals surface area contributed by atoms with Gasteiger partial charge in [0.05, 0.1) is 25.1 Å². The lowest BCUT2D eigenvalue weighted by molar-refractivity contribution is -0.147. The Labute approximate surface area is 213 Å². The summed E-state index contributed by atoms with van der Waals surface area (Å²) in [6.45, 7) is 5.41. The minimum absolute atomic E-state index is 0.0644. The van der Waals surface area contributed by atoms with Crippen LogP contribution in [-0.4, -0.2) is 48.6 Å². The number of aromatic nitrogens is 5. The highest BCUT2D eigenvalue weighted by atomic mass is 32.1. The number of para-hydroxylation sites is 1. The summed E-state index contributed by atoms with van der Waals surface area (Å²) in [7, 11) is 1.53. The van der Waals surface area contributed by atoms with Crippen molar-refractivity contribution in [1.82, 2.24) is 29.0 Å². The number of amides is 1. The molecule has 0 unspecified atom stereocenters. The average molecular weight is 531 g/mol. The molecule has 37 heavy (non-hydrogen) atoms. The van der Waals surface area contributed by atoms with Gasteiger partial charge in [-0.25, -0.2) is 4.98 Å². The highest BCUT2D eigenvalue weighted by Gasteiger charge is 2.40. The first-order valence-electron chi connectivity index (χ1n) is 11.1. The summed E-state index contributed by atoms with van der Waals surface area (Å²) in [6.07, 6.45) is 0.567. The monoisotopic (exact) mass is 530 g/mol. The number of imidazole rings is 1. The number of rotatable bonds is 6. The number of hydrogen-bond donors (Lipinski definition) is 0. The second kappa shape index (κ2) is 9.39. The molecule has 0 saturated carbocycles. The van der Waals surface area contributed by atoms with Crippen molar-refractivity contribution >= 4 is 34.4 Å². The summed E-state index contributed by atoms with van der Waals surface area (Å²) in [5.41, 5.74) is 1.38. The van der Waals surface area contributed by atoms with E-state index in [4.69, 9.17) is 9.47 Å². The molecule has 5 rings (SSSR count). The Balaban J connectivity index is 1.48. The van der Waals surface area contributed by atoms with Gasteiger partial charge in [-0.15, -0.1) is 21.5 Å². The van der Waals surface area contributed by atoms with Crippen molar-refractivity contribution in [2.75, 3.05) is 13.7 Å². The Morgan fingerprint density at radius 1 is 1.22 bits per heavy atom. The van der Waals surface area contributed by atoms with Gasteiger partial charge in [-0.05, 0) is 25.1 Å². The van der Waals surface area contributed by atoms with E-state index in [9.17, 15) is 18.0 Å². The van der Waals surface area contributed by atoms with Crippen molar-refractivity contribution in [2.24, 2.45) is 0 Å². The Morgan fingerprint density at radius 2 is 2.03 bits per heavy atom. The number of carbonyl (C=O) groups excluding carboxylic acids is 1. The van der Waals surface area contributed by atoms with E-state index in [1.807, 2.05) is 6.07 Å². The lowest BCUT2D eigenvalue weighted by Gasteiger charge is -2.28. The predicted octanol–water partition coefficient (Wildman–Crippen LogP) is 4.75. The number of alkyl halides is 3. The molecule has 1 aliphatic rings. The maximum Gasteiger partial charge on any atom is 0.451 e. The summed E-state index contributed by atoms with van der Waals surface area (Å²) in [6, 6.07) is 5.39. The number of fused-ring (bicyclic) bond motifs is 2. The van der Waals surface area contributed by atoms with Crippen LogP contribution in [0, 0.1) is 0 Å². The highest BCUT2D eigenvalue weighted by molar-refractivity contribution is 7.15. The quantitative estimate of drug-likeness (QED) is 0.335. The van der Waals surface area contributed by atoms with E-state index in [0.717, 1.165) is 4.57 Å². The maximum absolute atomic E-state index is 13.6. The Kier molecular flexibility index (Phi) is 6.23. The fraction of sp³-hybridized carbons (Fsp3) is 0.250. The molecule has 4 aromatic rings. The zero-order chi connectivity index (χ0) is 26.3. The predicted molar refractivity (Wildman–Crippen MR) is 130 cm³/mol. The van der Waals surface area contributed by atoms with E-state index in [0.29, 0.717) is 39.2 Å². The van der Waals surface area contributed by atoms with Crippen LogP contribution in [0.4, 0.5) is 13.2 Å². The highest BCUT2D eigenvalue weighted by Crippen LogP contribution is 2.34. The van der Waals surface area contributed by atoms with Gasteiger partial charge in [0, 0.05) is 30.2 Å². The van der Waals surface area contributed by atoms with Gasteiger partial charge >= 0.3 is 6.18 Å². The fourth-order valence-electron chi connectivity index (χ4n) is 4.10. The van der Waals surface area contributed by atoms with Gasteiger partial charge in [0.25, 0.3) is 5.91 Å². The number of carbonyl (C=O) groups is 1. The summed E-state index contributed by atoms with van der Waals surface area (Å²) in [5, 5.41) is 8.76. The van der Waals surface area contributed by atoms with Crippen LogP contribution in [0.1, 0.15) is 40.3 Å². The third kappa shape index (κ3) is 4.57. The fourth-order valence-corrected chi connectivity index (χ4v) is 4.82. The van der Waals surface area contributed by atoms with Gasteiger partial charge in [0.15, 0.2) is 22.3 Å². The molecular formula is C24H21F3N6O3S. The summed E-state index contributed by atoms with van der Waals surface area (Å²) in [5.74, 6) is 0.102. The topological polar surface area (TPSA) is 86.8 Å². The van der Waals surface area contributed by atoms with Crippen LogP contribution in [0.25, 0.3) is 17.1 Å². The number of nitrogens with zero attached hydrogens (tertiary/aromatic N) is 6. The second-order valence-corrected chi connectivity index (χ2v) is 9.11. The second-order valence-electron chi connectivity index (χ2n) is 8.23. The zero-order valence-electron chi connectivity index (χ0n) is 19.8. The lowest BCUT2D eigenvalue weighted by atomic mass is 10.1. The third-order valence-electron chi connectivity index (χ3n) is 5.71. The number of benzene rings is 1. The first-order chi connectivity index (χ1) is 17.7. The van der Waals surface area contributed by atoms with E-state index in [1.165, 1.54) is 23.3 Å². The van der Waals surface area contributed by atoms with Crippen molar-refractivity contribution < 1.29 is 27.4 Å². The van der Waals surface area contributed by atoms with Crippen LogP contribution in [0.5, 0.6) is 11.5 Å². The van der Waals surface area contributed by atoms with E-state index >= 15 is 0 Å². The molecule has 1 aliphatic heterocycles. The molecule has 1 aromatic carbocycles. The molecule has 0 bridgehead atoms. The van der Waals surface area contributed by atoms with E-state index in [1.54, 1.807) is 47.2 Å². The molecule has 0 atom stereocenters. The van der Waals surface area contributed by atoms with Crippen LogP contribution in [0.2, 0.25) is 0 Å². The molecule has 13 heteroatoms. The number of thiazole rings is 1. The van der Waals surface area contributed by atoms with Crippen LogP contribution >= 0.6 is 11.3 Å². The van der Waals surface area contributed by atoms with Crippen molar-refractivity contribution in [3.05, 3.63) is 70.7 Å². The minimum Gasteiger partial charge on any atom is -0.493 e. The SMILES string of the molecule is C=C(C)Oc1c(C=Cc2nc3sccn3c2C(=O)N2CCn3c(nnc3C(F)(F)F)C2)cccc1OC. The third-order valence-corrected chi connectivity index (χ3v) is 6.47. The first-order valence-corrected chi connectivity index (χ1v) is 12.0. The van der Waals surface area contributed by atoms with E-state index < -0.39 is 12.0 Å². The van der Waals surface area contributed by atoms with Gasteiger partial charge < -0.3 is 18.9 Å². The Bertz CT molecular complexity index is 1530. The normalized spacial score (nSPS) is 13.8. The van der Waals surface area contributed by atoms with E-state index in [-0.39, 0.29) is 31.4 Å². The van der Waals surface area contributed by atoms with Gasteiger partial charge in [0.1, 0.15) is 5.69 Å². The van der Waals surface area contributed by atoms with Gasteiger partial charge in [0.2, 0.25) is 5.82 Å². The van der Waals surface area contributed by atoms with Crippen molar-refractivity contribution in [3.8, 4) is 11.5 Å². The first kappa shape index (κ1) is 24.6. The molecule has 0 fully saturated rings. The number of hydrogen-bond acceptors (Lipinski definition) is 7. The number of allylic oxidation sites excluding steroid dienone is 1. The van der Waals surface area contributed by atoms with Crippen LogP contribution in [0.3, 0.4) is 0 Å². The number of halogens is 3. The lowest BCUT2D eigenvalue weighted by Crippen LogP contribution is -2.40. The van der Waals surface area contributed by atoms with Gasteiger partial charge in [-0.2, -0.15) is 13.2 Å². The molecule has 9 nitrogen and oxygen atoms in total. The zero-order valence-corrected chi connectivity index (χ0v) is 20.6. The molecule has 0 radical (unpaired) electrons. The van der Waals surface area contributed by atoms with E-state index in [2.05, 4.69) is 21.8 Å². The standard InChI is InChI=1S/C24H21F3N6O3S/c1-14(2)36-20-15(5-4-6-17(20)35-3)7-8-16-19(33-11-12-37-23(33)28-16)21(34)31-9-10-32-18(13-31)29-30-22(32)24(25,26)27/h4-8,11-12H,1,9-10,13H2,2-3H3. The number of methoxy groups -OCH3 is 1. The maximum atomic E-state index is 13.6. The summed E-state index contributed by atoms with van der Waals surface area (Å²) < 4.78 is 53.5. The molecule has 3 aromatic heterocycles. The molecule has 0 aliphatic carbocycles. The van der Waals surface area contributed by atoms with Crippen molar-refractivity contribution in [3.63, 3.8) is 0 Å². The minimum atomic E-state index is -4.61. The summed E-state index contributed by atoms with van der Waals surface area (Å²) >= 11 is 1.36. The molecule has 0 N–H and O–H groups in total. The average Bonchev–Trinajstić information content (AvgIpc) is 3.56. The molecule has 192 valence electrons. The van der Waals surface area contributed by atoms with Crippen LogP contribution in [0.15, 0.2) is 42.1 Å². The van der Waals surface area contributed by atoms with Crippen molar-refractivity contribution in [2.45, 2.75) is 26.2 Å². The molecular weight excluding hydrogens is 509 g/mol. The molecule has 0 saturated heterocycles. The Hall–Kier alpha value is -4.13. The molecule has 1 amide bonds. The largest absolute Gasteiger partial charge is 0.493 e. The van der Waals surface area contributed by atoms with Crippen molar-refractivity contribution in [1.29, 1.82) is 0 Å². The number of ether oxygens (including phenoxy) is 2. The smallest absolute Gasteiger partial charge is 0.451 e. The van der Waals surface area contributed by atoms with Gasteiger partial charge in [-0.1, -0.05) is 18.7 Å². The van der Waals surface area contributed by atoms with Gasteiger partial charge in [-0.3, -0.25) is 9.20 Å². The molecule has 4 heterocycles.